The van der Waals surface area contributed by atoms with Gasteiger partial charge in [-0.2, -0.15) is 28.8 Å². The quantitative estimate of drug-likeness (QED) is 0.776. The highest BCUT2D eigenvalue weighted by Gasteiger charge is 2.35. The molecule has 0 aromatic carbocycles. The van der Waals surface area contributed by atoms with Crippen LogP contribution in [0.15, 0.2) is 16.5 Å². The minimum atomic E-state index is -3.38. The number of furan rings is 1. The molecule has 0 aliphatic carbocycles. The Morgan fingerprint density at radius 2 is 1.71 bits per heavy atom. The van der Waals surface area contributed by atoms with E-state index < -0.39 is 10.2 Å². The summed E-state index contributed by atoms with van der Waals surface area (Å²) >= 11 is 1.63. The van der Waals surface area contributed by atoms with Crippen LogP contribution in [0, 0.1) is 0 Å². The van der Waals surface area contributed by atoms with Crippen LogP contribution < -0.4 is 0 Å². The first-order chi connectivity index (χ1) is 11.5. The SMILES string of the molecule is CSCc1ccc(C(=O)N2CCN(S(=O)(=O)N3CCCC3)CC2)o1. The lowest BCUT2D eigenvalue weighted by atomic mass is 10.3. The van der Waals surface area contributed by atoms with E-state index >= 15 is 0 Å². The molecule has 0 atom stereocenters. The van der Waals surface area contributed by atoms with Crippen molar-refractivity contribution in [1.82, 2.24) is 13.5 Å². The molecular weight excluding hydrogens is 350 g/mol. The number of carbonyl (C=O) groups is 1. The summed E-state index contributed by atoms with van der Waals surface area (Å²) in [7, 11) is -3.38. The van der Waals surface area contributed by atoms with Crippen LogP contribution in [0.5, 0.6) is 0 Å². The lowest BCUT2D eigenvalue weighted by Crippen LogP contribution is -2.53. The molecular formula is C15H23N3O4S2. The van der Waals surface area contributed by atoms with Crippen LogP contribution in [0.25, 0.3) is 0 Å². The molecule has 2 aliphatic heterocycles. The Hall–Kier alpha value is -1.03. The third-order valence-corrected chi connectivity index (χ3v) is 7.01. The van der Waals surface area contributed by atoms with Gasteiger partial charge >= 0.3 is 0 Å². The van der Waals surface area contributed by atoms with Gasteiger partial charge in [-0.25, -0.2) is 0 Å². The van der Waals surface area contributed by atoms with Crippen LogP contribution in [-0.2, 0) is 16.0 Å². The topological polar surface area (TPSA) is 74.1 Å². The standard InChI is InChI=1S/C15H23N3O4S2/c1-23-12-13-4-5-14(22-13)15(19)16-8-10-18(11-9-16)24(20,21)17-6-2-3-7-17/h4-5H,2-3,6-12H2,1H3. The highest BCUT2D eigenvalue weighted by atomic mass is 32.2. The number of thioether (sulfide) groups is 1. The van der Waals surface area contributed by atoms with Gasteiger partial charge in [-0.3, -0.25) is 4.79 Å². The fraction of sp³-hybridized carbons (Fsp3) is 0.667. The second-order valence-corrected chi connectivity index (χ2v) is 8.80. The number of piperazine rings is 1. The van der Waals surface area contributed by atoms with E-state index in [0.717, 1.165) is 24.4 Å². The number of nitrogens with zero attached hydrogens (tertiary/aromatic N) is 3. The maximum Gasteiger partial charge on any atom is 0.289 e. The molecule has 7 nitrogen and oxygen atoms in total. The van der Waals surface area contributed by atoms with E-state index in [9.17, 15) is 13.2 Å². The predicted molar refractivity (Wildman–Crippen MR) is 93.1 cm³/mol. The maximum atomic E-state index is 12.5. The summed E-state index contributed by atoms with van der Waals surface area (Å²) in [6.45, 7) is 2.67. The van der Waals surface area contributed by atoms with E-state index in [1.807, 2.05) is 12.3 Å². The molecule has 3 rings (SSSR count). The van der Waals surface area contributed by atoms with Crippen LogP contribution in [0.3, 0.4) is 0 Å². The van der Waals surface area contributed by atoms with Crippen LogP contribution >= 0.6 is 11.8 Å². The number of rotatable bonds is 5. The van der Waals surface area contributed by atoms with E-state index in [4.69, 9.17) is 4.42 Å². The third-order valence-electron chi connectivity index (χ3n) is 4.40. The first kappa shape index (κ1) is 17.8. The average Bonchev–Trinajstić information content (AvgIpc) is 3.27. The molecule has 9 heteroatoms. The van der Waals surface area contributed by atoms with Crippen LogP contribution in [-0.4, -0.2) is 73.4 Å². The number of carbonyl (C=O) groups excluding carboxylic acids is 1. The van der Waals surface area contributed by atoms with Gasteiger partial charge in [0.1, 0.15) is 5.76 Å². The third kappa shape index (κ3) is 3.63. The molecule has 2 aliphatic rings. The zero-order valence-electron chi connectivity index (χ0n) is 13.8. The molecule has 0 radical (unpaired) electrons. The molecule has 1 aromatic heterocycles. The fourth-order valence-electron chi connectivity index (χ4n) is 3.07. The van der Waals surface area contributed by atoms with Crippen LogP contribution in [0.1, 0.15) is 29.2 Å². The highest BCUT2D eigenvalue weighted by Crippen LogP contribution is 2.20. The molecule has 0 spiro atoms. The minimum absolute atomic E-state index is 0.166. The Balaban J connectivity index is 1.59. The molecule has 2 fully saturated rings. The van der Waals surface area contributed by atoms with Crippen molar-refractivity contribution in [2.45, 2.75) is 18.6 Å². The average molecular weight is 374 g/mol. The highest BCUT2D eigenvalue weighted by molar-refractivity contribution is 7.97. The monoisotopic (exact) mass is 373 g/mol. The van der Waals surface area contributed by atoms with E-state index in [1.54, 1.807) is 27.0 Å². The molecule has 1 aromatic rings. The lowest BCUT2D eigenvalue weighted by Gasteiger charge is -2.35. The second kappa shape index (κ2) is 7.47. The van der Waals surface area contributed by atoms with Crippen LogP contribution in [0.4, 0.5) is 0 Å². The van der Waals surface area contributed by atoms with Gasteiger partial charge in [-0.1, -0.05) is 0 Å². The summed E-state index contributed by atoms with van der Waals surface area (Å²) in [5.74, 6) is 1.67. The predicted octanol–water partition coefficient (Wildman–Crippen LogP) is 1.24. The largest absolute Gasteiger partial charge is 0.455 e. The van der Waals surface area contributed by atoms with Crippen molar-refractivity contribution in [1.29, 1.82) is 0 Å². The molecule has 1 amide bonds. The molecule has 2 saturated heterocycles. The molecule has 0 bridgehead atoms. The van der Waals surface area contributed by atoms with Gasteiger partial charge in [0.05, 0.1) is 5.75 Å². The molecule has 24 heavy (non-hydrogen) atoms. The summed E-state index contributed by atoms with van der Waals surface area (Å²) in [5, 5.41) is 0. The van der Waals surface area contributed by atoms with Gasteiger partial charge in [0, 0.05) is 39.3 Å². The molecule has 3 heterocycles. The number of hydrogen-bond donors (Lipinski definition) is 0. The van der Waals surface area contributed by atoms with Gasteiger partial charge in [0.2, 0.25) is 0 Å². The van der Waals surface area contributed by atoms with Crippen molar-refractivity contribution < 1.29 is 17.6 Å². The Bertz CT molecular complexity index is 675. The van der Waals surface area contributed by atoms with Gasteiger partial charge in [0.15, 0.2) is 5.76 Å². The molecule has 0 N–H and O–H groups in total. The van der Waals surface area contributed by atoms with Gasteiger partial charge < -0.3 is 9.32 Å². The molecule has 0 unspecified atom stereocenters. The Morgan fingerprint density at radius 3 is 2.33 bits per heavy atom. The van der Waals surface area contributed by atoms with Gasteiger partial charge in [-0.05, 0) is 31.2 Å². The molecule has 134 valence electrons. The van der Waals surface area contributed by atoms with Crippen molar-refractivity contribution >= 4 is 27.9 Å². The van der Waals surface area contributed by atoms with Crippen molar-refractivity contribution in [2.75, 3.05) is 45.5 Å². The maximum absolute atomic E-state index is 12.5. The lowest BCUT2D eigenvalue weighted by molar-refractivity contribution is 0.0661. The van der Waals surface area contributed by atoms with E-state index in [-0.39, 0.29) is 5.91 Å². The summed E-state index contributed by atoms with van der Waals surface area (Å²) in [6.07, 6.45) is 3.83. The van der Waals surface area contributed by atoms with Crippen molar-refractivity contribution in [3.05, 3.63) is 23.7 Å². The smallest absolute Gasteiger partial charge is 0.289 e. The van der Waals surface area contributed by atoms with Gasteiger partial charge in [-0.15, -0.1) is 0 Å². The normalized spacial score (nSPS) is 20.6. The first-order valence-electron chi connectivity index (χ1n) is 8.14. The summed E-state index contributed by atoms with van der Waals surface area (Å²) < 4.78 is 33.7. The molecule has 0 saturated carbocycles. The Kier molecular flexibility index (Phi) is 5.53. The Morgan fingerprint density at radius 1 is 1.08 bits per heavy atom. The van der Waals surface area contributed by atoms with E-state index in [1.165, 1.54) is 4.31 Å². The first-order valence-corrected chi connectivity index (χ1v) is 10.9. The van der Waals surface area contributed by atoms with Crippen LogP contribution in [0.2, 0.25) is 0 Å². The summed E-state index contributed by atoms with van der Waals surface area (Å²) in [6, 6.07) is 3.51. The minimum Gasteiger partial charge on any atom is -0.455 e. The zero-order chi connectivity index (χ0) is 17.2. The fourth-order valence-corrected chi connectivity index (χ4v) is 5.18. The van der Waals surface area contributed by atoms with Crippen molar-refractivity contribution in [3.63, 3.8) is 0 Å². The Labute approximate surface area is 147 Å². The van der Waals surface area contributed by atoms with E-state index in [2.05, 4.69) is 0 Å². The van der Waals surface area contributed by atoms with Gasteiger partial charge in [0.25, 0.3) is 16.1 Å². The van der Waals surface area contributed by atoms with E-state index in [0.29, 0.717) is 45.0 Å². The second-order valence-electron chi connectivity index (χ2n) is 6.00. The number of amides is 1. The summed E-state index contributed by atoms with van der Waals surface area (Å²) in [5.41, 5.74) is 0. The zero-order valence-corrected chi connectivity index (χ0v) is 15.4. The van der Waals surface area contributed by atoms with Crippen molar-refractivity contribution in [3.8, 4) is 0 Å². The van der Waals surface area contributed by atoms with Crippen molar-refractivity contribution in [2.24, 2.45) is 0 Å². The summed E-state index contributed by atoms with van der Waals surface area (Å²) in [4.78, 5) is 14.1. The number of hydrogen-bond acceptors (Lipinski definition) is 5.